The van der Waals surface area contributed by atoms with Gasteiger partial charge in [0.15, 0.2) is 5.78 Å². The predicted molar refractivity (Wildman–Crippen MR) is 129 cm³/mol. The van der Waals surface area contributed by atoms with Gasteiger partial charge in [-0.05, 0) is 38.1 Å². The molecule has 174 valence electrons. The highest BCUT2D eigenvalue weighted by Crippen LogP contribution is 2.27. The zero-order valence-corrected chi connectivity index (χ0v) is 20.0. The van der Waals surface area contributed by atoms with E-state index in [1.165, 1.54) is 16.7 Å². The number of carbonyl (C=O) groups excluding carboxylic acids is 2. The molecule has 0 aliphatic heterocycles. The first-order valence-electron chi connectivity index (χ1n) is 9.80. The van der Waals surface area contributed by atoms with Gasteiger partial charge in [0, 0.05) is 53.1 Å². The monoisotopic (exact) mass is 480 g/mol. The lowest BCUT2D eigenvalue weighted by Crippen LogP contribution is -2.22. The number of rotatable bonds is 12. The van der Waals surface area contributed by atoms with Crippen LogP contribution in [0.1, 0.15) is 41.5 Å². The van der Waals surface area contributed by atoms with Crippen LogP contribution < -0.4 is 10.5 Å². The van der Waals surface area contributed by atoms with Crippen molar-refractivity contribution in [1.29, 1.82) is 0 Å². The molecular formula is C22H29ClN4O4S. The summed E-state index contributed by atoms with van der Waals surface area (Å²) in [5.41, 5.74) is 7.91. The third kappa shape index (κ3) is 7.81. The number of nitrogen functional groups attached to an aromatic ring is 1. The molecule has 0 spiro atoms. The number of ether oxygens (including phenoxy) is 1. The largest absolute Gasteiger partial charge is 0.497 e. The van der Waals surface area contributed by atoms with E-state index in [9.17, 15) is 14.7 Å². The van der Waals surface area contributed by atoms with E-state index >= 15 is 0 Å². The molecule has 0 saturated heterocycles. The molecule has 1 aromatic carbocycles. The van der Waals surface area contributed by atoms with Gasteiger partial charge in [-0.2, -0.15) is 0 Å². The maximum absolute atomic E-state index is 12.4. The number of aliphatic hydroxyl groups is 1. The Morgan fingerprint density at radius 3 is 2.53 bits per heavy atom. The lowest BCUT2D eigenvalue weighted by molar-refractivity contribution is -0.116. The lowest BCUT2D eigenvalue weighted by atomic mass is 10.1. The van der Waals surface area contributed by atoms with E-state index < -0.39 is 0 Å². The fourth-order valence-electron chi connectivity index (χ4n) is 2.86. The van der Waals surface area contributed by atoms with Gasteiger partial charge in [0.2, 0.25) is 6.41 Å². The number of aliphatic hydroxyl groups excluding tert-OH is 1. The number of aromatic nitrogens is 2. The lowest BCUT2D eigenvalue weighted by Gasteiger charge is -2.22. The van der Waals surface area contributed by atoms with Crippen molar-refractivity contribution in [1.82, 2.24) is 14.9 Å². The Balaban J connectivity index is 0.00000512. The third-order valence-corrected chi connectivity index (χ3v) is 5.93. The van der Waals surface area contributed by atoms with Crippen molar-refractivity contribution in [2.75, 3.05) is 25.2 Å². The number of ketones is 1. The van der Waals surface area contributed by atoms with Gasteiger partial charge in [-0.3, -0.25) is 9.59 Å². The summed E-state index contributed by atoms with van der Waals surface area (Å²) in [6.07, 6.45) is 3.04. The number of thioether (sulfide) groups is 1. The molecule has 2 rings (SSSR count). The number of hydrogen-bond acceptors (Lipinski definition) is 8. The van der Waals surface area contributed by atoms with Crippen molar-refractivity contribution < 1.29 is 19.4 Å². The Hall–Kier alpha value is -2.62. The van der Waals surface area contributed by atoms with Gasteiger partial charge in [0.05, 0.1) is 13.7 Å². The Morgan fingerprint density at radius 2 is 1.97 bits per heavy atom. The standard InChI is InChI=1S/C22H28N4O4S.ClH/c1-15(26(14-28)13-18-12-24-16(2)25-22(18)23)21(8-10-27)31-11-9-20(29)17-4-6-19(30-3)7-5-17;/h4-7,12,14,27H,8-11,13H2,1-3H3,(H2,23,24,25);1H. The summed E-state index contributed by atoms with van der Waals surface area (Å²) in [7, 11) is 1.58. The van der Waals surface area contributed by atoms with Crippen LogP contribution in [0.2, 0.25) is 0 Å². The predicted octanol–water partition coefficient (Wildman–Crippen LogP) is 3.38. The van der Waals surface area contributed by atoms with Crippen molar-refractivity contribution in [3.8, 4) is 5.75 Å². The molecule has 10 heteroatoms. The number of hydrogen-bond donors (Lipinski definition) is 2. The van der Waals surface area contributed by atoms with Crippen LogP contribution in [0.5, 0.6) is 5.75 Å². The Morgan fingerprint density at radius 1 is 1.28 bits per heavy atom. The van der Waals surface area contributed by atoms with E-state index in [1.54, 1.807) is 44.5 Å². The number of Topliss-reactive ketones (excluding diaryl/α,β-unsaturated/α-hetero) is 1. The number of anilines is 1. The quantitative estimate of drug-likeness (QED) is 0.350. The van der Waals surface area contributed by atoms with E-state index in [1.807, 2.05) is 6.92 Å². The van der Waals surface area contributed by atoms with Gasteiger partial charge in [0.1, 0.15) is 17.4 Å². The van der Waals surface area contributed by atoms with E-state index in [0.717, 1.165) is 11.3 Å². The maximum atomic E-state index is 12.4. The molecule has 1 amide bonds. The van der Waals surface area contributed by atoms with Crippen LogP contribution in [0, 0.1) is 6.92 Å². The van der Waals surface area contributed by atoms with E-state index in [0.29, 0.717) is 52.8 Å². The third-order valence-electron chi connectivity index (χ3n) is 4.68. The van der Waals surface area contributed by atoms with Gasteiger partial charge in [0.25, 0.3) is 0 Å². The molecule has 32 heavy (non-hydrogen) atoms. The van der Waals surface area contributed by atoms with Crippen LogP contribution in [-0.2, 0) is 11.3 Å². The van der Waals surface area contributed by atoms with Gasteiger partial charge < -0.3 is 20.5 Å². The van der Waals surface area contributed by atoms with Crippen molar-refractivity contribution in [3.05, 3.63) is 58.0 Å². The highest BCUT2D eigenvalue weighted by atomic mass is 35.5. The first-order valence-corrected chi connectivity index (χ1v) is 10.8. The van der Waals surface area contributed by atoms with Crippen molar-refractivity contribution in [3.63, 3.8) is 0 Å². The number of aryl methyl sites for hydroxylation is 1. The number of amides is 1. The van der Waals surface area contributed by atoms with E-state index in [-0.39, 0.29) is 31.3 Å². The molecule has 2 aromatic rings. The van der Waals surface area contributed by atoms with Crippen LogP contribution in [0.15, 0.2) is 41.1 Å². The van der Waals surface area contributed by atoms with E-state index in [4.69, 9.17) is 10.5 Å². The SMILES string of the molecule is COc1ccc(C(=O)CCSC(CCO)=C(C)N(C=O)Cc2cnc(C)nc2N)cc1.Cl. The second kappa shape index (κ2) is 13.7. The molecule has 8 nitrogen and oxygen atoms in total. The summed E-state index contributed by atoms with van der Waals surface area (Å²) in [6, 6.07) is 6.99. The second-order valence-electron chi connectivity index (χ2n) is 6.79. The Labute approximate surface area is 198 Å². The smallest absolute Gasteiger partial charge is 0.214 e. The van der Waals surface area contributed by atoms with E-state index in [2.05, 4.69) is 9.97 Å². The number of nitrogens with two attached hydrogens (primary N) is 1. The summed E-state index contributed by atoms with van der Waals surface area (Å²) in [6.45, 7) is 3.71. The van der Waals surface area contributed by atoms with Crippen LogP contribution in [0.4, 0.5) is 5.82 Å². The van der Waals surface area contributed by atoms with Gasteiger partial charge in [-0.1, -0.05) is 0 Å². The summed E-state index contributed by atoms with van der Waals surface area (Å²) >= 11 is 1.46. The van der Waals surface area contributed by atoms with Crippen LogP contribution in [0.3, 0.4) is 0 Å². The highest BCUT2D eigenvalue weighted by molar-refractivity contribution is 8.03. The highest BCUT2D eigenvalue weighted by Gasteiger charge is 2.15. The minimum Gasteiger partial charge on any atom is -0.497 e. The summed E-state index contributed by atoms with van der Waals surface area (Å²) in [5.74, 6) is 2.13. The molecule has 0 saturated carbocycles. The molecule has 0 aliphatic carbocycles. The molecule has 1 heterocycles. The molecule has 0 radical (unpaired) electrons. The van der Waals surface area contributed by atoms with Gasteiger partial charge in [-0.25, -0.2) is 9.97 Å². The maximum Gasteiger partial charge on any atom is 0.214 e. The molecular weight excluding hydrogens is 452 g/mol. The van der Waals surface area contributed by atoms with Crippen molar-refractivity contribution >= 4 is 42.2 Å². The number of allylic oxidation sites excluding steroid dienone is 1. The summed E-state index contributed by atoms with van der Waals surface area (Å²) < 4.78 is 5.11. The average Bonchev–Trinajstić information content (AvgIpc) is 2.77. The molecule has 0 aliphatic rings. The minimum atomic E-state index is -0.0609. The normalized spacial score (nSPS) is 11.2. The Kier molecular flexibility index (Phi) is 11.8. The van der Waals surface area contributed by atoms with Gasteiger partial charge in [-0.15, -0.1) is 24.2 Å². The van der Waals surface area contributed by atoms with Crippen LogP contribution >= 0.6 is 24.2 Å². The fraction of sp³-hybridized carbons (Fsp3) is 0.364. The van der Waals surface area contributed by atoms with Gasteiger partial charge >= 0.3 is 0 Å². The zero-order chi connectivity index (χ0) is 22.8. The Bertz CT molecular complexity index is 938. The number of carbonyl (C=O) groups is 2. The van der Waals surface area contributed by atoms with Crippen molar-refractivity contribution in [2.24, 2.45) is 0 Å². The number of halogens is 1. The first-order chi connectivity index (χ1) is 14.9. The zero-order valence-electron chi connectivity index (χ0n) is 18.4. The summed E-state index contributed by atoms with van der Waals surface area (Å²) in [5, 5.41) is 9.47. The first kappa shape index (κ1) is 27.4. The van der Waals surface area contributed by atoms with Crippen LogP contribution in [-0.4, -0.2) is 51.6 Å². The second-order valence-corrected chi connectivity index (χ2v) is 7.98. The number of benzene rings is 1. The average molecular weight is 481 g/mol. The number of nitrogens with zero attached hydrogens (tertiary/aromatic N) is 3. The topological polar surface area (TPSA) is 119 Å². The molecule has 0 fully saturated rings. The summed E-state index contributed by atoms with van der Waals surface area (Å²) in [4.78, 5) is 34.8. The molecule has 0 bridgehead atoms. The fourth-order valence-corrected chi connectivity index (χ4v) is 3.96. The van der Waals surface area contributed by atoms with Crippen molar-refractivity contribution in [2.45, 2.75) is 33.2 Å². The molecule has 0 atom stereocenters. The molecule has 3 N–H and O–H groups in total. The van der Waals surface area contributed by atoms with Crippen LogP contribution in [0.25, 0.3) is 0 Å². The molecule has 0 unspecified atom stereocenters. The number of methoxy groups -OCH3 is 1. The minimum absolute atomic E-state index is 0. The molecule has 1 aromatic heterocycles.